The summed E-state index contributed by atoms with van der Waals surface area (Å²) in [7, 11) is 0. The molecule has 2 heterocycles. The van der Waals surface area contributed by atoms with Crippen molar-refractivity contribution in [2.75, 3.05) is 5.32 Å². The fraction of sp³-hybridized carbons (Fsp3) is 0.0476. The third-order valence-corrected chi connectivity index (χ3v) is 4.95. The van der Waals surface area contributed by atoms with Crippen molar-refractivity contribution in [3.05, 3.63) is 95.3 Å². The number of hydrogen-bond acceptors (Lipinski definition) is 3. The van der Waals surface area contributed by atoms with Gasteiger partial charge in [0.25, 0.3) is 5.91 Å². The lowest BCUT2D eigenvalue weighted by atomic mass is 10.2. The first-order valence-corrected chi connectivity index (χ1v) is 9.30. The van der Waals surface area contributed by atoms with Crippen molar-refractivity contribution in [1.82, 2.24) is 9.78 Å². The number of para-hydroxylation sites is 1. The van der Waals surface area contributed by atoms with Crippen LogP contribution >= 0.6 is 11.3 Å². The number of nitrogens with one attached hydrogen (secondary N) is 1. The fourth-order valence-corrected chi connectivity index (χ4v) is 3.51. The van der Waals surface area contributed by atoms with Gasteiger partial charge < -0.3 is 5.32 Å². The smallest absolute Gasteiger partial charge is 0.259 e. The molecule has 0 aliphatic rings. The molecule has 2 aromatic heterocycles. The summed E-state index contributed by atoms with van der Waals surface area (Å²) in [5, 5.41) is 9.18. The van der Waals surface area contributed by atoms with E-state index >= 15 is 0 Å². The maximum Gasteiger partial charge on any atom is 0.259 e. The zero-order chi connectivity index (χ0) is 18.6. The average molecular weight is 377 g/mol. The van der Waals surface area contributed by atoms with Crippen molar-refractivity contribution in [3.63, 3.8) is 0 Å². The minimum absolute atomic E-state index is 0.149. The summed E-state index contributed by atoms with van der Waals surface area (Å²) in [6, 6.07) is 19.8. The number of amides is 1. The van der Waals surface area contributed by atoms with Crippen molar-refractivity contribution in [2.24, 2.45) is 0 Å². The minimum Gasteiger partial charge on any atom is -0.319 e. The van der Waals surface area contributed by atoms with Crippen LogP contribution in [-0.2, 0) is 6.54 Å². The molecule has 4 aromatic rings. The highest BCUT2D eigenvalue weighted by Crippen LogP contribution is 2.28. The lowest BCUT2D eigenvalue weighted by molar-refractivity contribution is 0.102. The Morgan fingerprint density at radius 2 is 1.81 bits per heavy atom. The van der Waals surface area contributed by atoms with Crippen LogP contribution in [0.5, 0.6) is 0 Å². The molecule has 0 bridgehead atoms. The zero-order valence-corrected chi connectivity index (χ0v) is 15.1. The number of thiophene rings is 1. The number of carbonyl (C=O) groups is 1. The number of hydrogen-bond donors (Lipinski definition) is 1. The molecule has 0 fully saturated rings. The minimum atomic E-state index is -0.472. The predicted octanol–water partition coefficient (Wildman–Crippen LogP) is 5.05. The van der Waals surface area contributed by atoms with E-state index in [0.717, 1.165) is 10.4 Å². The molecule has 6 heteroatoms. The third kappa shape index (κ3) is 3.80. The van der Waals surface area contributed by atoms with Crippen LogP contribution in [0.15, 0.2) is 78.3 Å². The molecule has 0 atom stereocenters. The largest absolute Gasteiger partial charge is 0.319 e. The molecule has 0 radical (unpaired) electrons. The van der Waals surface area contributed by atoms with Crippen molar-refractivity contribution in [2.45, 2.75) is 6.54 Å². The standard InChI is InChI=1S/C21H16FN3OS/c22-17-9-4-5-10-18(17)23-21(26)16-14-25(13-15-7-2-1-3-8-15)24-20(16)19-11-6-12-27-19/h1-12,14H,13H2,(H,23,26). The summed E-state index contributed by atoms with van der Waals surface area (Å²) < 4.78 is 15.6. The maximum absolute atomic E-state index is 13.9. The van der Waals surface area contributed by atoms with Crippen molar-refractivity contribution >= 4 is 22.9 Å². The Hall–Kier alpha value is -3.25. The van der Waals surface area contributed by atoms with Gasteiger partial charge in [0.05, 0.1) is 22.7 Å². The lowest BCUT2D eigenvalue weighted by Crippen LogP contribution is -2.13. The molecule has 0 saturated carbocycles. The number of anilines is 1. The van der Waals surface area contributed by atoms with E-state index in [2.05, 4.69) is 10.4 Å². The van der Waals surface area contributed by atoms with Gasteiger partial charge in [-0.1, -0.05) is 48.5 Å². The Bertz CT molecular complexity index is 1060. The third-order valence-electron chi connectivity index (χ3n) is 4.07. The number of aromatic nitrogens is 2. The Morgan fingerprint density at radius 3 is 2.56 bits per heavy atom. The number of carbonyl (C=O) groups excluding carboxylic acids is 1. The highest BCUT2D eigenvalue weighted by molar-refractivity contribution is 7.13. The SMILES string of the molecule is O=C(Nc1ccccc1F)c1cn(Cc2ccccc2)nc1-c1cccs1. The van der Waals surface area contributed by atoms with Crippen LogP contribution in [0.1, 0.15) is 15.9 Å². The van der Waals surface area contributed by atoms with Gasteiger partial charge in [0.15, 0.2) is 0 Å². The normalized spacial score (nSPS) is 10.7. The van der Waals surface area contributed by atoms with Crippen LogP contribution in [-0.4, -0.2) is 15.7 Å². The first-order chi connectivity index (χ1) is 13.2. The van der Waals surface area contributed by atoms with Crippen LogP contribution in [0.2, 0.25) is 0 Å². The second-order valence-corrected chi connectivity index (χ2v) is 6.93. The number of nitrogens with zero attached hydrogens (tertiary/aromatic N) is 2. The Morgan fingerprint density at radius 1 is 1.04 bits per heavy atom. The van der Waals surface area contributed by atoms with Gasteiger partial charge >= 0.3 is 0 Å². The van der Waals surface area contributed by atoms with E-state index in [9.17, 15) is 9.18 Å². The van der Waals surface area contributed by atoms with E-state index in [1.165, 1.54) is 23.5 Å². The Labute approximate surface area is 159 Å². The monoisotopic (exact) mass is 377 g/mol. The summed E-state index contributed by atoms with van der Waals surface area (Å²) in [4.78, 5) is 13.7. The van der Waals surface area contributed by atoms with Crippen LogP contribution in [0.3, 0.4) is 0 Å². The van der Waals surface area contributed by atoms with Crippen molar-refractivity contribution in [3.8, 4) is 10.6 Å². The van der Waals surface area contributed by atoms with Gasteiger partial charge in [-0.25, -0.2) is 4.39 Å². The maximum atomic E-state index is 13.9. The molecule has 0 spiro atoms. The van der Waals surface area contributed by atoms with Gasteiger partial charge in [0, 0.05) is 6.20 Å². The van der Waals surface area contributed by atoms with E-state index in [1.54, 1.807) is 23.0 Å². The first-order valence-electron chi connectivity index (χ1n) is 8.42. The van der Waals surface area contributed by atoms with Gasteiger partial charge in [-0.2, -0.15) is 5.10 Å². The number of rotatable bonds is 5. The molecule has 27 heavy (non-hydrogen) atoms. The van der Waals surface area contributed by atoms with Crippen molar-refractivity contribution in [1.29, 1.82) is 0 Å². The fourth-order valence-electron chi connectivity index (χ4n) is 2.79. The van der Waals surface area contributed by atoms with Gasteiger partial charge in [-0.3, -0.25) is 9.48 Å². The molecule has 0 aliphatic heterocycles. The Kier molecular flexibility index (Phi) is 4.80. The highest BCUT2D eigenvalue weighted by atomic mass is 32.1. The second-order valence-electron chi connectivity index (χ2n) is 5.99. The average Bonchev–Trinajstić information content (AvgIpc) is 3.34. The van der Waals surface area contributed by atoms with Gasteiger partial charge in [0.1, 0.15) is 11.5 Å². The molecule has 2 aromatic carbocycles. The predicted molar refractivity (Wildman–Crippen MR) is 105 cm³/mol. The molecule has 4 rings (SSSR count). The quantitative estimate of drug-likeness (QED) is 0.529. The molecular formula is C21H16FN3OS. The van der Waals surface area contributed by atoms with E-state index < -0.39 is 5.82 Å². The molecule has 0 unspecified atom stereocenters. The molecule has 0 aliphatic carbocycles. The van der Waals surface area contributed by atoms with Crippen LogP contribution < -0.4 is 5.32 Å². The highest BCUT2D eigenvalue weighted by Gasteiger charge is 2.19. The second kappa shape index (κ2) is 7.55. The summed E-state index contributed by atoms with van der Waals surface area (Å²) in [6.45, 7) is 0.548. The molecule has 134 valence electrons. The molecule has 0 saturated heterocycles. The van der Waals surface area contributed by atoms with Crippen LogP contribution in [0.25, 0.3) is 10.6 Å². The van der Waals surface area contributed by atoms with Gasteiger partial charge in [-0.15, -0.1) is 11.3 Å². The van der Waals surface area contributed by atoms with Crippen LogP contribution in [0, 0.1) is 5.82 Å². The molecular weight excluding hydrogens is 361 g/mol. The summed E-state index contributed by atoms with van der Waals surface area (Å²) in [5.41, 5.74) is 2.24. The van der Waals surface area contributed by atoms with E-state index in [4.69, 9.17) is 0 Å². The number of halogens is 1. The summed E-state index contributed by atoms with van der Waals surface area (Å²) >= 11 is 1.51. The summed E-state index contributed by atoms with van der Waals surface area (Å²) in [6.07, 6.45) is 1.71. The van der Waals surface area contributed by atoms with Crippen LogP contribution in [0.4, 0.5) is 10.1 Å². The van der Waals surface area contributed by atoms with Crippen molar-refractivity contribution < 1.29 is 9.18 Å². The zero-order valence-electron chi connectivity index (χ0n) is 14.3. The van der Waals surface area contributed by atoms with Gasteiger partial charge in [0.2, 0.25) is 0 Å². The van der Waals surface area contributed by atoms with E-state index in [-0.39, 0.29) is 11.6 Å². The molecule has 1 N–H and O–H groups in total. The number of benzene rings is 2. The van der Waals surface area contributed by atoms with Gasteiger partial charge in [-0.05, 0) is 29.1 Å². The topological polar surface area (TPSA) is 46.9 Å². The summed E-state index contributed by atoms with van der Waals surface area (Å²) in [5.74, 6) is -0.858. The Balaban J connectivity index is 1.68. The van der Waals surface area contributed by atoms with E-state index in [0.29, 0.717) is 17.8 Å². The lowest BCUT2D eigenvalue weighted by Gasteiger charge is -2.05. The first kappa shape index (κ1) is 17.2. The molecule has 4 nitrogen and oxygen atoms in total. The van der Waals surface area contributed by atoms with E-state index in [1.807, 2.05) is 47.8 Å². The molecule has 1 amide bonds.